The number of aryl methyl sites for hydroxylation is 1. The lowest BCUT2D eigenvalue weighted by Gasteiger charge is -2.08. The molecule has 0 radical (unpaired) electrons. The van der Waals surface area contributed by atoms with Crippen molar-refractivity contribution >= 4 is 11.6 Å². The molecule has 0 unspecified atom stereocenters. The monoisotopic (exact) mass is 320 g/mol. The zero-order valence-corrected chi connectivity index (χ0v) is 13.2. The number of hydrogen-bond acceptors (Lipinski definition) is 5. The van der Waals surface area contributed by atoms with Gasteiger partial charge >= 0.3 is 0 Å². The van der Waals surface area contributed by atoms with Crippen LogP contribution in [0.1, 0.15) is 35.1 Å². The van der Waals surface area contributed by atoms with Gasteiger partial charge in [-0.15, -0.1) is 5.10 Å². The number of carbonyl (C=O) groups excluding carboxylic acids is 1. The lowest BCUT2D eigenvalue weighted by Crippen LogP contribution is -2.14. The highest BCUT2D eigenvalue weighted by molar-refractivity contribution is 6.03. The third-order valence-electron chi connectivity index (χ3n) is 3.89. The first-order valence-electron chi connectivity index (χ1n) is 7.84. The lowest BCUT2D eigenvalue weighted by molar-refractivity contribution is 0.102. The van der Waals surface area contributed by atoms with E-state index in [1.165, 1.54) is 0 Å². The summed E-state index contributed by atoms with van der Waals surface area (Å²) in [6.07, 6.45) is 2.21. The number of nitrogens with zero attached hydrogens (tertiary/aromatic N) is 5. The molecule has 0 spiro atoms. The lowest BCUT2D eigenvalue weighted by atomic mass is 10.2. The van der Waals surface area contributed by atoms with Gasteiger partial charge < -0.3 is 5.32 Å². The molecular weight excluding hydrogens is 304 g/mol. The molecule has 1 saturated carbocycles. The minimum atomic E-state index is -0.238. The molecule has 4 rings (SSSR count). The van der Waals surface area contributed by atoms with Crippen LogP contribution in [0.4, 0.5) is 5.69 Å². The molecule has 7 heteroatoms. The summed E-state index contributed by atoms with van der Waals surface area (Å²) in [5.41, 5.74) is 2.76. The molecule has 1 amide bonds. The van der Waals surface area contributed by atoms with Crippen molar-refractivity contribution in [2.75, 3.05) is 5.32 Å². The molecule has 0 aliphatic heterocycles. The van der Waals surface area contributed by atoms with Crippen LogP contribution < -0.4 is 5.32 Å². The summed E-state index contributed by atoms with van der Waals surface area (Å²) >= 11 is 0. The summed E-state index contributed by atoms with van der Waals surface area (Å²) in [6, 6.07) is 13.3. The Balaban J connectivity index is 1.58. The summed E-state index contributed by atoms with van der Waals surface area (Å²) < 4.78 is 1.85. The topological polar surface area (TPSA) is 85.6 Å². The van der Waals surface area contributed by atoms with Gasteiger partial charge in [0, 0.05) is 16.9 Å². The number of anilines is 1. The maximum Gasteiger partial charge on any atom is 0.274 e. The summed E-state index contributed by atoms with van der Waals surface area (Å²) in [4.78, 5) is 16.6. The predicted molar refractivity (Wildman–Crippen MR) is 88.5 cm³/mol. The van der Waals surface area contributed by atoms with E-state index in [1.54, 1.807) is 6.07 Å². The van der Waals surface area contributed by atoms with Gasteiger partial charge in [-0.25, -0.2) is 9.67 Å². The van der Waals surface area contributed by atoms with E-state index < -0.39 is 0 Å². The predicted octanol–water partition coefficient (Wildman–Crippen LogP) is 2.63. The van der Waals surface area contributed by atoms with Gasteiger partial charge in [0.2, 0.25) is 0 Å². The van der Waals surface area contributed by atoms with Crippen LogP contribution in [0.2, 0.25) is 0 Å². The molecule has 120 valence electrons. The summed E-state index contributed by atoms with van der Waals surface area (Å²) in [7, 11) is 0. The maximum atomic E-state index is 12.3. The molecule has 1 aromatic carbocycles. The fourth-order valence-corrected chi connectivity index (χ4v) is 2.55. The number of aromatic nitrogens is 5. The van der Waals surface area contributed by atoms with Crippen molar-refractivity contribution < 1.29 is 4.79 Å². The van der Waals surface area contributed by atoms with Crippen molar-refractivity contribution in [3.8, 4) is 11.4 Å². The molecule has 7 nitrogen and oxygen atoms in total. The Labute approximate surface area is 138 Å². The van der Waals surface area contributed by atoms with Crippen LogP contribution in [0.3, 0.4) is 0 Å². The van der Waals surface area contributed by atoms with Crippen LogP contribution in [0.25, 0.3) is 11.4 Å². The highest BCUT2D eigenvalue weighted by Crippen LogP contribution is 2.36. The molecule has 1 N–H and O–H groups in total. The highest BCUT2D eigenvalue weighted by atomic mass is 16.1. The quantitative estimate of drug-likeness (QED) is 0.798. The Morgan fingerprint density at radius 2 is 2.04 bits per heavy atom. The number of carbonyl (C=O) groups is 1. The molecular formula is C17H16N6O. The first-order valence-corrected chi connectivity index (χ1v) is 7.84. The molecule has 24 heavy (non-hydrogen) atoms. The van der Waals surface area contributed by atoms with E-state index in [9.17, 15) is 4.79 Å². The minimum absolute atomic E-state index is 0.238. The Morgan fingerprint density at radius 1 is 1.21 bits per heavy atom. The van der Waals surface area contributed by atoms with Gasteiger partial charge in [-0.05, 0) is 54.5 Å². The average Bonchev–Trinajstić information content (AvgIpc) is 3.32. The van der Waals surface area contributed by atoms with Crippen LogP contribution in [-0.2, 0) is 0 Å². The Hall–Kier alpha value is -3.09. The van der Waals surface area contributed by atoms with Crippen molar-refractivity contribution in [2.24, 2.45) is 0 Å². The van der Waals surface area contributed by atoms with E-state index >= 15 is 0 Å². The molecule has 3 aromatic rings. The zero-order chi connectivity index (χ0) is 16.5. The van der Waals surface area contributed by atoms with Crippen molar-refractivity contribution in [3.05, 3.63) is 53.9 Å². The third kappa shape index (κ3) is 2.88. The van der Waals surface area contributed by atoms with Crippen molar-refractivity contribution in [2.45, 2.75) is 25.8 Å². The smallest absolute Gasteiger partial charge is 0.274 e. The fraction of sp³-hybridized carbons (Fsp3) is 0.235. The Bertz CT molecular complexity index is 899. The van der Waals surface area contributed by atoms with E-state index in [-0.39, 0.29) is 5.91 Å². The van der Waals surface area contributed by atoms with Crippen LogP contribution in [0.15, 0.2) is 42.5 Å². The number of pyridine rings is 1. The van der Waals surface area contributed by atoms with Crippen LogP contribution >= 0.6 is 0 Å². The molecule has 2 aromatic heterocycles. The molecule has 1 aliphatic carbocycles. The van der Waals surface area contributed by atoms with E-state index in [4.69, 9.17) is 0 Å². The normalized spacial score (nSPS) is 13.7. The number of nitrogens with one attached hydrogen (secondary N) is 1. The fourth-order valence-electron chi connectivity index (χ4n) is 2.55. The largest absolute Gasteiger partial charge is 0.321 e. The number of tetrazole rings is 1. The molecule has 0 bridgehead atoms. The summed E-state index contributed by atoms with van der Waals surface area (Å²) in [5.74, 6) is 0.486. The number of benzene rings is 1. The first-order chi connectivity index (χ1) is 11.7. The van der Waals surface area contributed by atoms with Crippen LogP contribution in [0.5, 0.6) is 0 Å². The van der Waals surface area contributed by atoms with E-state index in [0.29, 0.717) is 17.4 Å². The van der Waals surface area contributed by atoms with E-state index in [2.05, 4.69) is 25.8 Å². The highest BCUT2D eigenvalue weighted by Gasteiger charge is 2.28. The SMILES string of the molecule is Cc1cccc(C(=O)Nc2cccc(-c3nnnn3C3CC3)c2)n1. The van der Waals surface area contributed by atoms with Gasteiger partial charge in [-0.2, -0.15) is 0 Å². The first kappa shape index (κ1) is 14.5. The second-order valence-electron chi connectivity index (χ2n) is 5.88. The van der Waals surface area contributed by atoms with Gasteiger partial charge in [0.05, 0.1) is 6.04 Å². The standard InChI is InChI=1S/C17H16N6O/c1-11-4-2-7-15(18-11)17(24)19-13-6-3-5-12(10-13)16-20-21-22-23(16)14-8-9-14/h2-7,10,14H,8-9H2,1H3,(H,19,24). The van der Waals surface area contributed by atoms with Crippen molar-refractivity contribution in [1.29, 1.82) is 0 Å². The molecule has 0 atom stereocenters. The summed E-state index contributed by atoms with van der Waals surface area (Å²) in [6.45, 7) is 1.86. The Morgan fingerprint density at radius 3 is 2.83 bits per heavy atom. The summed E-state index contributed by atoms with van der Waals surface area (Å²) in [5, 5.41) is 14.8. The van der Waals surface area contributed by atoms with Gasteiger partial charge in [-0.1, -0.05) is 18.2 Å². The number of hydrogen-bond donors (Lipinski definition) is 1. The molecule has 2 heterocycles. The van der Waals surface area contributed by atoms with E-state index in [0.717, 1.165) is 29.9 Å². The second kappa shape index (κ2) is 5.84. The maximum absolute atomic E-state index is 12.3. The Kier molecular flexibility index (Phi) is 3.53. The van der Waals surface area contributed by atoms with Crippen LogP contribution in [-0.4, -0.2) is 31.1 Å². The van der Waals surface area contributed by atoms with Crippen molar-refractivity contribution in [1.82, 2.24) is 25.2 Å². The van der Waals surface area contributed by atoms with Gasteiger partial charge in [0.1, 0.15) is 5.69 Å². The molecule has 1 fully saturated rings. The van der Waals surface area contributed by atoms with Gasteiger partial charge in [0.15, 0.2) is 5.82 Å². The third-order valence-corrected chi connectivity index (χ3v) is 3.89. The zero-order valence-electron chi connectivity index (χ0n) is 13.2. The molecule has 1 aliphatic rings. The average molecular weight is 320 g/mol. The number of rotatable bonds is 4. The molecule has 0 saturated heterocycles. The van der Waals surface area contributed by atoms with Crippen LogP contribution in [0, 0.1) is 6.92 Å². The van der Waals surface area contributed by atoms with Crippen molar-refractivity contribution in [3.63, 3.8) is 0 Å². The van der Waals surface area contributed by atoms with Gasteiger partial charge in [0.25, 0.3) is 5.91 Å². The van der Waals surface area contributed by atoms with E-state index in [1.807, 2.05) is 48.0 Å². The second-order valence-corrected chi connectivity index (χ2v) is 5.88. The number of amides is 1. The minimum Gasteiger partial charge on any atom is -0.321 e. The van der Waals surface area contributed by atoms with Gasteiger partial charge in [-0.3, -0.25) is 4.79 Å².